The van der Waals surface area contributed by atoms with Crippen LogP contribution in [-0.2, 0) is 4.74 Å². The molecule has 5 N–H and O–H groups in total. The van der Waals surface area contributed by atoms with E-state index in [1.54, 1.807) is 25.3 Å². The average Bonchev–Trinajstić information content (AvgIpc) is 2.27. The number of nitrogen functional groups attached to an aromatic ring is 1. The van der Waals surface area contributed by atoms with E-state index < -0.39 is 5.91 Å². The van der Waals surface area contributed by atoms with Crippen molar-refractivity contribution in [1.82, 2.24) is 0 Å². The number of hydrogen-bond donors (Lipinski definition) is 3. The van der Waals surface area contributed by atoms with E-state index in [1.807, 2.05) is 6.92 Å². The average molecular weight is 237 g/mol. The third kappa shape index (κ3) is 3.64. The van der Waals surface area contributed by atoms with E-state index in [2.05, 4.69) is 5.32 Å². The second-order valence-electron chi connectivity index (χ2n) is 4.08. The Balaban J connectivity index is 2.79. The molecule has 1 rings (SSSR count). The van der Waals surface area contributed by atoms with Crippen molar-refractivity contribution in [3.8, 4) is 0 Å². The van der Waals surface area contributed by atoms with Gasteiger partial charge in [0.25, 0.3) is 5.91 Å². The van der Waals surface area contributed by atoms with Gasteiger partial charge < -0.3 is 21.5 Å². The lowest BCUT2D eigenvalue weighted by Gasteiger charge is -2.16. The van der Waals surface area contributed by atoms with E-state index in [-0.39, 0.29) is 0 Å². The van der Waals surface area contributed by atoms with Gasteiger partial charge in [-0.2, -0.15) is 0 Å². The number of carbonyl (C=O) groups excluding carboxylic acids is 1. The first kappa shape index (κ1) is 13.3. The van der Waals surface area contributed by atoms with Crippen molar-refractivity contribution in [2.24, 2.45) is 11.7 Å². The van der Waals surface area contributed by atoms with Crippen LogP contribution < -0.4 is 16.8 Å². The smallest absolute Gasteiger partial charge is 0.250 e. The summed E-state index contributed by atoms with van der Waals surface area (Å²) in [6.45, 7) is 3.35. The molecule has 0 spiro atoms. The number of nitrogens with two attached hydrogens (primary N) is 2. The number of ether oxygens (including phenoxy) is 1. The van der Waals surface area contributed by atoms with E-state index >= 15 is 0 Å². The first-order chi connectivity index (χ1) is 8.06. The van der Waals surface area contributed by atoms with Gasteiger partial charge in [-0.25, -0.2) is 0 Å². The standard InChI is InChI=1S/C12H19N3O2/c1-8(7-17-2)6-15-11-9(12(14)16)4-3-5-10(11)13/h3-5,8,15H,6-7,13H2,1-2H3,(H2,14,16). The molecule has 0 saturated heterocycles. The van der Waals surface area contributed by atoms with Gasteiger partial charge in [0.2, 0.25) is 0 Å². The Bertz CT molecular complexity index is 393. The summed E-state index contributed by atoms with van der Waals surface area (Å²) in [4.78, 5) is 11.2. The molecule has 17 heavy (non-hydrogen) atoms. The van der Waals surface area contributed by atoms with Crippen LogP contribution in [0.1, 0.15) is 17.3 Å². The predicted octanol–water partition coefficient (Wildman–Crippen LogP) is 1.06. The van der Waals surface area contributed by atoms with Crippen LogP contribution in [0, 0.1) is 5.92 Å². The Labute approximate surface area is 101 Å². The minimum atomic E-state index is -0.487. The van der Waals surface area contributed by atoms with Crippen LogP contribution in [0.15, 0.2) is 18.2 Å². The Morgan fingerprint density at radius 1 is 1.53 bits per heavy atom. The fourth-order valence-electron chi connectivity index (χ4n) is 1.59. The van der Waals surface area contributed by atoms with Gasteiger partial charge in [-0.1, -0.05) is 13.0 Å². The Morgan fingerprint density at radius 2 is 2.24 bits per heavy atom. The van der Waals surface area contributed by atoms with E-state index in [1.165, 1.54) is 0 Å². The number of nitrogens with one attached hydrogen (secondary N) is 1. The van der Waals surface area contributed by atoms with E-state index in [0.29, 0.717) is 36.0 Å². The molecule has 0 aromatic heterocycles. The molecule has 0 heterocycles. The molecule has 5 heteroatoms. The van der Waals surface area contributed by atoms with Gasteiger partial charge in [0.15, 0.2) is 0 Å². The normalized spacial score (nSPS) is 12.1. The zero-order chi connectivity index (χ0) is 12.8. The highest BCUT2D eigenvalue weighted by Gasteiger charge is 2.11. The molecule has 0 saturated carbocycles. The molecule has 1 aromatic rings. The maximum atomic E-state index is 11.2. The van der Waals surface area contributed by atoms with Crippen molar-refractivity contribution in [2.45, 2.75) is 6.92 Å². The van der Waals surface area contributed by atoms with Gasteiger partial charge in [-0.05, 0) is 18.1 Å². The second-order valence-corrected chi connectivity index (χ2v) is 4.08. The molecule has 0 bridgehead atoms. The summed E-state index contributed by atoms with van der Waals surface area (Å²) in [6, 6.07) is 5.09. The number of benzene rings is 1. The van der Waals surface area contributed by atoms with Gasteiger partial charge in [-0.15, -0.1) is 0 Å². The summed E-state index contributed by atoms with van der Waals surface area (Å²) < 4.78 is 5.04. The number of rotatable bonds is 6. The lowest BCUT2D eigenvalue weighted by Crippen LogP contribution is -2.20. The lowest BCUT2D eigenvalue weighted by atomic mass is 10.1. The third-order valence-electron chi connectivity index (χ3n) is 2.44. The van der Waals surface area contributed by atoms with Crippen LogP contribution in [0.4, 0.5) is 11.4 Å². The molecule has 1 unspecified atom stereocenters. The zero-order valence-corrected chi connectivity index (χ0v) is 10.2. The summed E-state index contributed by atoms with van der Waals surface area (Å²) in [5.41, 5.74) is 12.6. The highest BCUT2D eigenvalue weighted by Crippen LogP contribution is 2.23. The molecule has 0 fully saturated rings. The monoisotopic (exact) mass is 237 g/mol. The first-order valence-corrected chi connectivity index (χ1v) is 5.47. The summed E-state index contributed by atoms with van der Waals surface area (Å²) in [6.07, 6.45) is 0. The fourth-order valence-corrected chi connectivity index (χ4v) is 1.59. The Hall–Kier alpha value is -1.75. The largest absolute Gasteiger partial charge is 0.397 e. The van der Waals surface area contributed by atoms with Crippen LogP contribution in [0.3, 0.4) is 0 Å². The quantitative estimate of drug-likeness (QED) is 0.645. The molecule has 0 aliphatic carbocycles. The Morgan fingerprint density at radius 3 is 2.82 bits per heavy atom. The van der Waals surface area contributed by atoms with Crippen LogP contribution in [0.5, 0.6) is 0 Å². The van der Waals surface area contributed by atoms with Gasteiger partial charge in [0.05, 0.1) is 23.5 Å². The van der Waals surface area contributed by atoms with Crippen LogP contribution in [0.25, 0.3) is 0 Å². The Kier molecular flexibility index (Phi) is 4.78. The van der Waals surface area contributed by atoms with Crippen molar-refractivity contribution >= 4 is 17.3 Å². The highest BCUT2D eigenvalue weighted by molar-refractivity contribution is 6.01. The molecule has 5 nitrogen and oxygen atoms in total. The van der Waals surface area contributed by atoms with Gasteiger partial charge >= 0.3 is 0 Å². The van der Waals surface area contributed by atoms with E-state index in [9.17, 15) is 4.79 Å². The zero-order valence-electron chi connectivity index (χ0n) is 10.2. The minimum absolute atomic E-state index is 0.320. The summed E-state index contributed by atoms with van der Waals surface area (Å²) >= 11 is 0. The van der Waals surface area contributed by atoms with Crippen molar-refractivity contribution < 1.29 is 9.53 Å². The fraction of sp³-hybridized carbons (Fsp3) is 0.417. The van der Waals surface area contributed by atoms with E-state index in [0.717, 1.165) is 0 Å². The SMILES string of the molecule is COCC(C)CNc1c(N)cccc1C(N)=O. The first-order valence-electron chi connectivity index (χ1n) is 5.47. The molecule has 0 radical (unpaired) electrons. The van der Waals surface area contributed by atoms with Crippen LogP contribution >= 0.6 is 0 Å². The maximum Gasteiger partial charge on any atom is 0.250 e. The van der Waals surface area contributed by atoms with E-state index in [4.69, 9.17) is 16.2 Å². The van der Waals surface area contributed by atoms with Gasteiger partial charge in [0, 0.05) is 13.7 Å². The number of anilines is 2. The molecular formula is C12H19N3O2. The second kappa shape index (κ2) is 6.10. The minimum Gasteiger partial charge on any atom is -0.397 e. The molecule has 0 aliphatic rings. The third-order valence-corrected chi connectivity index (χ3v) is 2.44. The summed E-state index contributed by atoms with van der Waals surface area (Å²) in [5.74, 6) is -0.167. The molecule has 1 aromatic carbocycles. The number of hydrogen-bond acceptors (Lipinski definition) is 4. The number of carbonyl (C=O) groups is 1. The van der Waals surface area contributed by atoms with Gasteiger partial charge in [-0.3, -0.25) is 4.79 Å². The number of primary amides is 1. The number of para-hydroxylation sites is 1. The highest BCUT2D eigenvalue weighted by atomic mass is 16.5. The van der Waals surface area contributed by atoms with Crippen LogP contribution in [0.2, 0.25) is 0 Å². The van der Waals surface area contributed by atoms with Crippen LogP contribution in [-0.4, -0.2) is 26.2 Å². The summed E-state index contributed by atoms with van der Waals surface area (Å²) in [7, 11) is 1.65. The predicted molar refractivity (Wildman–Crippen MR) is 68.9 cm³/mol. The van der Waals surface area contributed by atoms with Crippen molar-refractivity contribution in [3.63, 3.8) is 0 Å². The topological polar surface area (TPSA) is 90.4 Å². The number of amides is 1. The molecule has 1 atom stereocenters. The van der Waals surface area contributed by atoms with Crippen molar-refractivity contribution in [2.75, 3.05) is 31.3 Å². The van der Waals surface area contributed by atoms with Crippen molar-refractivity contribution in [1.29, 1.82) is 0 Å². The van der Waals surface area contributed by atoms with Crippen molar-refractivity contribution in [3.05, 3.63) is 23.8 Å². The molecule has 94 valence electrons. The maximum absolute atomic E-state index is 11.2. The van der Waals surface area contributed by atoms with Gasteiger partial charge in [0.1, 0.15) is 0 Å². The molecule has 1 amide bonds. The molecular weight excluding hydrogens is 218 g/mol. The lowest BCUT2D eigenvalue weighted by molar-refractivity contribution is 0.100. The summed E-state index contributed by atoms with van der Waals surface area (Å²) in [5, 5.41) is 3.14. The molecule has 0 aliphatic heterocycles. The number of methoxy groups -OCH3 is 1.